The molecule has 2 heterocycles. The number of halogens is 2. The molecule has 2 N–H and O–H groups in total. The molecule has 1 atom stereocenters. The number of hydrogen-bond acceptors (Lipinski definition) is 3. The van der Waals surface area contributed by atoms with E-state index >= 15 is 0 Å². The molecule has 2 aromatic rings. The molecule has 23 heavy (non-hydrogen) atoms. The minimum atomic E-state index is -0.297. The third kappa shape index (κ3) is 3.38. The van der Waals surface area contributed by atoms with Crippen LogP contribution in [0.15, 0.2) is 30.5 Å². The van der Waals surface area contributed by atoms with Gasteiger partial charge in [-0.15, -0.1) is 12.4 Å². The largest absolute Gasteiger partial charge is 0.338 e. The van der Waals surface area contributed by atoms with Crippen molar-refractivity contribution in [3.05, 3.63) is 47.5 Å². The van der Waals surface area contributed by atoms with Gasteiger partial charge in [0.15, 0.2) is 0 Å². The topological polar surface area (TPSA) is 64.2 Å². The monoisotopic (exact) mass is 338 g/mol. The number of benzene rings is 1. The van der Waals surface area contributed by atoms with Gasteiger partial charge < -0.3 is 10.6 Å². The first-order chi connectivity index (χ1) is 10.6. The summed E-state index contributed by atoms with van der Waals surface area (Å²) >= 11 is 0. The molecule has 1 unspecified atom stereocenters. The van der Waals surface area contributed by atoms with Crippen LogP contribution in [0.2, 0.25) is 0 Å². The average molecular weight is 339 g/mol. The lowest BCUT2D eigenvalue weighted by Gasteiger charge is -2.16. The number of amides is 1. The summed E-state index contributed by atoms with van der Waals surface area (Å²) in [5, 5.41) is 4.27. The van der Waals surface area contributed by atoms with E-state index in [1.807, 2.05) is 11.8 Å². The molecule has 1 fully saturated rings. The molecule has 0 radical (unpaired) electrons. The highest BCUT2D eigenvalue weighted by atomic mass is 35.5. The summed E-state index contributed by atoms with van der Waals surface area (Å²) in [6.07, 6.45) is 2.53. The summed E-state index contributed by atoms with van der Waals surface area (Å²) in [4.78, 5) is 14.4. The van der Waals surface area contributed by atoms with E-state index in [1.54, 1.807) is 23.0 Å². The van der Waals surface area contributed by atoms with Crippen molar-refractivity contribution in [2.24, 2.45) is 11.7 Å². The molecule has 0 bridgehead atoms. The van der Waals surface area contributed by atoms with Gasteiger partial charge >= 0.3 is 0 Å². The van der Waals surface area contributed by atoms with Crippen LogP contribution in [0, 0.1) is 18.7 Å². The van der Waals surface area contributed by atoms with Crippen molar-refractivity contribution in [2.45, 2.75) is 13.3 Å². The maximum atomic E-state index is 13.0. The van der Waals surface area contributed by atoms with Gasteiger partial charge in [0.1, 0.15) is 5.82 Å². The molecule has 1 aliphatic rings. The van der Waals surface area contributed by atoms with Gasteiger partial charge in [-0.05, 0) is 50.1 Å². The van der Waals surface area contributed by atoms with E-state index in [2.05, 4.69) is 5.10 Å². The summed E-state index contributed by atoms with van der Waals surface area (Å²) in [5.74, 6) is 0.0768. The molecule has 5 nitrogen and oxygen atoms in total. The van der Waals surface area contributed by atoms with Crippen molar-refractivity contribution in [2.75, 3.05) is 19.6 Å². The normalized spacial score (nSPS) is 17.2. The highest BCUT2D eigenvalue weighted by Crippen LogP contribution is 2.21. The van der Waals surface area contributed by atoms with Crippen LogP contribution in [0.3, 0.4) is 0 Å². The van der Waals surface area contributed by atoms with E-state index in [9.17, 15) is 9.18 Å². The molecule has 1 aromatic heterocycles. The van der Waals surface area contributed by atoms with E-state index < -0.39 is 0 Å². The Morgan fingerprint density at radius 2 is 2.09 bits per heavy atom. The first kappa shape index (κ1) is 17.4. The van der Waals surface area contributed by atoms with Crippen molar-refractivity contribution in [1.82, 2.24) is 14.7 Å². The van der Waals surface area contributed by atoms with Gasteiger partial charge in [0, 0.05) is 13.1 Å². The minimum Gasteiger partial charge on any atom is -0.338 e. The van der Waals surface area contributed by atoms with Crippen LogP contribution in [0.25, 0.3) is 5.69 Å². The predicted molar refractivity (Wildman–Crippen MR) is 88.6 cm³/mol. The number of nitrogens with two attached hydrogens (primary N) is 1. The Morgan fingerprint density at radius 3 is 2.70 bits per heavy atom. The van der Waals surface area contributed by atoms with Gasteiger partial charge in [0.05, 0.1) is 23.1 Å². The Bertz CT molecular complexity index is 686. The zero-order valence-electron chi connectivity index (χ0n) is 12.9. The second-order valence-corrected chi connectivity index (χ2v) is 5.67. The summed E-state index contributed by atoms with van der Waals surface area (Å²) in [5.41, 5.74) is 7.75. The number of aromatic nitrogens is 2. The van der Waals surface area contributed by atoms with Crippen molar-refractivity contribution in [3.8, 4) is 5.69 Å². The Morgan fingerprint density at radius 1 is 1.39 bits per heavy atom. The number of carbonyl (C=O) groups is 1. The van der Waals surface area contributed by atoms with E-state index in [0.29, 0.717) is 24.6 Å². The van der Waals surface area contributed by atoms with Crippen molar-refractivity contribution < 1.29 is 9.18 Å². The van der Waals surface area contributed by atoms with Crippen LogP contribution in [-0.4, -0.2) is 40.2 Å². The average Bonchev–Trinajstić information content (AvgIpc) is 3.14. The fourth-order valence-electron chi connectivity index (χ4n) is 2.84. The second-order valence-electron chi connectivity index (χ2n) is 5.67. The predicted octanol–water partition coefficient (Wildman–Crippen LogP) is 2.16. The van der Waals surface area contributed by atoms with Gasteiger partial charge in [0.2, 0.25) is 0 Å². The zero-order valence-corrected chi connectivity index (χ0v) is 13.7. The number of carbonyl (C=O) groups excluding carboxylic acids is 1. The molecule has 0 spiro atoms. The molecule has 3 rings (SSSR count). The molecule has 1 aromatic carbocycles. The molecule has 0 saturated carbocycles. The minimum absolute atomic E-state index is 0. The molecule has 1 amide bonds. The Hall–Kier alpha value is -1.92. The third-order valence-electron chi connectivity index (χ3n) is 4.22. The van der Waals surface area contributed by atoms with Crippen LogP contribution in [0.1, 0.15) is 22.5 Å². The van der Waals surface area contributed by atoms with Crippen molar-refractivity contribution in [3.63, 3.8) is 0 Å². The molecular weight excluding hydrogens is 319 g/mol. The SMILES string of the molecule is Cc1c(C(=O)N2CCC(CN)C2)cnn1-c1ccc(F)cc1.Cl. The maximum absolute atomic E-state index is 13.0. The molecule has 7 heteroatoms. The van der Waals surface area contributed by atoms with Gasteiger partial charge in [0.25, 0.3) is 5.91 Å². The van der Waals surface area contributed by atoms with Gasteiger partial charge in [-0.3, -0.25) is 4.79 Å². The first-order valence-electron chi connectivity index (χ1n) is 7.40. The number of rotatable bonds is 3. The smallest absolute Gasteiger partial charge is 0.257 e. The number of hydrogen-bond donors (Lipinski definition) is 1. The zero-order chi connectivity index (χ0) is 15.7. The first-order valence-corrected chi connectivity index (χ1v) is 7.40. The summed E-state index contributed by atoms with van der Waals surface area (Å²) in [7, 11) is 0. The Labute approximate surface area is 140 Å². The van der Waals surface area contributed by atoms with E-state index in [4.69, 9.17) is 5.73 Å². The number of likely N-dealkylation sites (tertiary alicyclic amines) is 1. The fraction of sp³-hybridized carbons (Fsp3) is 0.375. The summed E-state index contributed by atoms with van der Waals surface area (Å²) < 4.78 is 14.7. The van der Waals surface area contributed by atoms with Crippen LogP contribution in [0.5, 0.6) is 0 Å². The third-order valence-corrected chi connectivity index (χ3v) is 4.22. The van der Waals surface area contributed by atoms with Crippen LogP contribution < -0.4 is 5.73 Å². The van der Waals surface area contributed by atoms with Crippen molar-refractivity contribution in [1.29, 1.82) is 0 Å². The fourth-order valence-corrected chi connectivity index (χ4v) is 2.84. The summed E-state index contributed by atoms with van der Waals surface area (Å²) in [6, 6.07) is 6.04. The van der Waals surface area contributed by atoms with Gasteiger partial charge in [-0.25, -0.2) is 9.07 Å². The van der Waals surface area contributed by atoms with Gasteiger partial charge in [-0.1, -0.05) is 0 Å². The van der Waals surface area contributed by atoms with E-state index in [0.717, 1.165) is 24.3 Å². The Balaban J connectivity index is 0.00000192. The van der Waals surface area contributed by atoms with Crippen molar-refractivity contribution >= 4 is 18.3 Å². The quantitative estimate of drug-likeness (QED) is 0.932. The Kier molecular flexibility index (Phi) is 5.38. The van der Waals surface area contributed by atoms with Gasteiger partial charge in [-0.2, -0.15) is 5.10 Å². The molecule has 1 aliphatic heterocycles. The molecule has 124 valence electrons. The maximum Gasteiger partial charge on any atom is 0.257 e. The number of nitrogens with zero attached hydrogens (tertiary/aromatic N) is 3. The van der Waals surface area contributed by atoms with E-state index in [1.165, 1.54) is 12.1 Å². The van der Waals surface area contributed by atoms with Crippen LogP contribution >= 0.6 is 12.4 Å². The second kappa shape index (κ2) is 7.10. The lowest BCUT2D eigenvalue weighted by atomic mass is 10.1. The van der Waals surface area contributed by atoms with E-state index in [-0.39, 0.29) is 24.1 Å². The summed E-state index contributed by atoms with van der Waals surface area (Å²) in [6.45, 7) is 3.90. The van der Waals surface area contributed by atoms with Crippen LogP contribution in [0.4, 0.5) is 4.39 Å². The lowest BCUT2D eigenvalue weighted by Crippen LogP contribution is -2.30. The molecule has 0 aliphatic carbocycles. The van der Waals surface area contributed by atoms with Crippen LogP contribution in [-0.2, 0) is 0 Å². The molecular formula is C16H20ClFN4O. The molecule has 1 saturated heterocycles. The lowest BCUT2D eigenvalue weighted by molar-refractivity contribution is 0.0787. The standard InChI is InChI=1S/C16H19FN4O.ClH/c1-11-15(16(22)20-7-6-12(8-18)10-20)9-19-21(11)14-4-2-13(17)3-5-14;/h2-5,9,12H,6-8,10,18H2,1H3;1H. The highest BCUT2D eigenvalue weighted by Gasteiger charge is 2.28. The highest BCUT2D eigenvalue weighted by molar-refractivity contribution is 5.95.